The maximum atomic E-state index is 13.1. The summed E-state index contributed by atoms with van der Waals surface area (Å²) in [7, 11) is 0. The molecule has 4 rings (SSSR count). The zero-order chi connectivity index (χ0) is 23.6. The topological polar surface area (TPSA) is 56.8 Å². The first-order chi connectivity index (χ1) is 15.7. The van der Waals surface area contributed by atoms with Crippen molar-refractivity contribution in [2.24, 2.45) is 5.41 Å². The molecule has 5 nitrogen and oxygen atoms in total. The Morgan fingerprint density at radius 1 is 1.06 bits per heavy atom. The highest BCUT2D eigenvalue weighted by atomic mass is 19.4. The van der Waals surface area contributed by atoms with E-state index in [4.69, 9.17) is 14.2 Å². The Labute approximate surface area is 189 Å². The lowest BCUT2D eigenvalue weighted by atomic mass is 9.90. The number of anilines is 1. The highest BCUT2D eigenvalue weighted by Gasteiger charge is 2.40. The second-order valence-electron chi connectivity index (χ2n) is 8.18. The van der Waals surface area contributed by atoms with Crippen LogP contribution in [0.4, 0.5) is 18.9 Å². The van der Waals surface area contributed by atoms with E-state index in [1.54, 1.807) is 19.1 Å². The number of fused-ring (bicyclic) bond motifs is 1. The molecule has 1 aliphatic rings. The monoisotopic (exact) mass is 459 g/mol. The smallest absolute Gasteiger partial charge is 0.416 e. The Morgan fingerprint density at radius 3 is 2.42 bits per heavy atom. The van der Waals surface area contributed by atoms with Gasteiger partial charge in [-0.25, -0.2) is 0 Å². The van der Waals surface area contributed by atoms with Crippen LogP contribution in [0.25, 0.3) is 10.8 Å². The van der Waals surface area contributed by atoms with E-state index >= 15 is 0 Å². The number of hydrogen-bond acceptors (Lipinski definition) is 4. The van der Waals surface area contributed by atoms with Crippen LogP contribution in [0.2, 0.25) is 0 Å². The van der Waals surface area contributed by atoms with E-state index in [-0.39, 0.29) is 24.7 Å². The van der Waals surface area contributed by atoms with Gasteiger partial charge in [-0.05, 0) is 38.1 Å². The Bertz CT molecular complexity index is 1150. The maximum absolute atomic E-state index is 13.1. The molecule has 1 amide bonds. The van der Waals surface area contributed by atoms with Gasteiger partial charge in [-0.2, -0.15) is 13.2 Å². The minimum Gasteiger partial charge on any atom is -0.493 e. The summed E-state index contributed by atoms with van der Waals surface area (Å²) in [6.45, 7) is 4.11. The van der Waals surface area contributed by atoms with Crippen molar-refractivity contribution in [1.82, 2.24) is 0 Å². The number of amides is 1. The van der Waals surface area contributed by atoms with Gasteiger partial charge in [0.2, 0.25) is 5.91 Å². The molecule has 0 aliphatic carbocycles. The van der Waals surface area contributed by atoms with E-state index in [0.29, 0.717) is 12.3 Å². The van der Waals surface area contributed by atoms with Crippen LogP contribution in [0, 0.1) is 5.41 Å². The zero-order valence-corrected chi connectivity index (χ0v) is 18.2. The summed E-state index contributed by atoms with van der Waals surface area (Å²) in [4.78, 5) is 13.1. The normalized spacial score (nSPS) is 21.1. The molecule has 0 unspecified atom stereocenters. The molecule has 1 fully saturated rings. The van der Waals surface area contributed by atoms with Crippen LogP contribution in [0.15, 0.2) is 60.7 Å². The molecule has 174 valence electrons. The van der Waals surface area contributed by atoms with E-state index < -0.39 is 23.4 Å². The number of benzene rings is 3. The number of ether oxygens (including phenoxy) is 3. The Balaban J connectivity index is 1.48. The molecule has 1 aliphatic heterocycles. The number of nitrogens with one attached hydrogen (secondary N) is 1. The number of halogens is 3. The molecule has 1 N–H and O–H groups in total. The van der Waals surface area contributed by atoms with E-state index in [1.165, 1.54) is 12.1 Å². The van der Waals surface area contributed by atoms with Crippen LogP contribution < -0.4 is 10.1 Å². The van der Waals surface area contributed by atoms with Gasteiger partial charge in [0, 0.05) is 22.0 Å². The van der Waals surface area contributed by atoms with Gasteiger partial charge in [-0.3, -0.25) is 4.79 Å². The summed E-state index contributed by atoms with van der Waals surface area (Å²) < 4.78 is 56.0. The van der Waals surface area contributed by atoms with Crippen LogP contribution >= 0.6 is 0 Å². The second-order valence-corrected chi connectivity index (χ2v) is 8.18. The summed E-state index contributed by atoms with van der Waals surface area (Å²) in [5.41, 5.74) is -0.914. The van der Waals surface area contributed by atoms with Crippen LogP contribution in [0.1, 0.15) is 31.3 Å². The fourth-order valence-corrected chi connectivity index (χ4v) is 3.73. The van der Waals surface area contributed by atoms with E-state index in [1.807, 2.05) is 31.2 Å². The molecule has 1 heterocycles. The fraction of sp³-hybridized carbons (Fsp3) is 0.320. The predicted molar refractivity (Wildman–Crippen MR) is 118 cm³/mol. The second kappa shape index (κ2) is 9.03. The summed E-state index contributed by atoms with van der Waals surface area (Å²) in [5, 5.41) is 4.66. The average molecular weight is 459 g/mol. The summed E-state index contributed by atoms with van der Waals surface area (Å²) >= 11 is 0. The third kappa shape index (κ3) is 4.82. The van der Waals surface area contributed by atoms with Crippen molar-refractivity contribution in [1.29, 1.82) is 0 Å². The van der Waals surface area contributed by atoms with Gasteiger partial charge in [0.15, 0.2) is 6.29 Å². The first-order valence-electron chi connectivity index (χ1n) is 10.6. The Morgan fingerprint density at radius 2 is 1.76 bits per heavy atom. The maximum Gasteiger partial charge on any atom is 0.416 e. The van der Waals surface area contributed by atoms with Crippen LogP contribution in [0.3, 0.4) is 0 Å². The van der Waals surface area contributed by atoms with Crippen molar-refractivity contribution in [3.63, 3.8) is 0 Å². The third-order valence-electron chi connectivity index (χ3n) is 5.57. The molecule has 0 saturated carbocycles. The van der Waals surface area contributed by atoms with Crippen molar-refractivity contribution < 1.29 is 32.2 Å². The standard InChI is InChI=1S/C25H24F3NO4/c1-3-31-21-12-11-20(18-9-4-5-10-19(18)21)29-23(30)24(2)14-32-22(33-15-24)16-7-6-8-17(13-16)25(26,27)28/h4-13,22H,3,14-15H2,1-2H3,(H,29,30). The first kappa shape index (κ1) is 23.1. The van der Waals surface area contributed by atoms with Gasteiger partial charge in [-0.1, -0.05) is 36.4 Å². The van der Waals surface area contributed by atoms with Crippen molar-refractivity contribution in [3.05, 3.63) is 71.8 Å². The van der Waals surface area contributed by atoms with Gasteiger partial charge in [-0.15, -0.1) is 0 Å². The van der Waals surface area contributed by atoms with Crippen LogP contribution in [-0.2, 0) is 20.4 Å². The van der Waals surface area contributed by atoms with Gasteiger partial charge < -0.3 is 19.5 Å². The number of alkyl halides is 3. The van der Waals surface area contributed by atoms with Gasteiger partial charge in [0.25, 0.3) is 0 Å². The largest absolute Gasteiger partial charge is 0.493 e. The fourth-order valence-electron chi connectivity index (χ4n) is 3.73. The number of hydrogen-bond donors (Lipinski definition) is 1. The average Bonchev–Trinajstić information content (AvgIpc) is 2.81. The lowest BCUT2D eigenvalue weighted by molar-refractivity contribution is -0.226. The van der Waals surface area contributed by atoms with Crippen molar-refractivity contribution >= 4 is 22.4 Å². The van der Waals surface area contributed by atoms with E-state index in [9.17, 15) is 18.0 Å². The minimum atomic E-state index is -4.46. The van der Waals surface area contributed by atoms with Crippen molar-refractivity contribution in [2.45, 2.75) is 26.3 Å². The predicted octanol–water partition coefficient (Wildman–Crippen LogP) is 5.95. The van der Waals surface area contributed by atoms with Gasteiger partial charge in [0.1, 0.15) is 5.75 Å². The Kier molecular flexibility index (Phi) is 6.32. The number of carbonyl (C=O) groups excluding carboxylic acids is 1. The zero-order valence-electron chi connectivity index (χ0n) is 18.2. The molecule has 0 radical (unpaired) electrons. The summed E-state index contributed by atoms with van der Waals surface area (Å²) in [6, 6.07) is 16.0. The van der Waals surface area contributed by atoms with E-state index in [2.05, 4.69) is 5.32 Å². The molecular formula is C25H24F3NO4. The SMILES string of the molecule is CCOc1ccc(NC(=O)C2(C)COC(c3cccc(C(F)(F)F)c3)OC2)c2ccccc12. The van der Waals surface area contributed by atoms with Crippen LogP contribution in [0.5, 0.6) is 5.75 Å². The molecule has 33 heavy (non-hydrogen) atoms. The molecule has 3 aromatic rings. The first-order valence-corrected chi connectivity index (χ1v) is 10.6. The lowest BCUT2D eigenvalue weighted by Gasteiger charge is -2.36. The summed E-state index contributed by atoms with van der Waals surface area (Å²) in [6.07, 6.45) is -5.43. The number of carbonyl (C=O) groups is 1. The minimum absolute atomic E-state index is 0.00525. The molecule has 0 atom stereocenters. The third-order valence-corrected chi connectivity index (χ3v) is 5.57. The van der Waals surface area contributed by atoms with Crippen molar-refractivity contribution in [3.8, 4) is 5.75 Å². The van der Waals surface area contributed by atoms with E-state index in [0.717, 1.165) is 28.7 Å². The highest BCUT2D eigenvalue weighted by Crippen LogP contribution is 2.37. The molecular weight excluding hydrogens is 435 g/mol. The van der Waals surface area contributed by atoms with Gasteiger partial charge >= 0.3 is 6.18 Å². The lowest BCUT2D eigenvalue weighted by Crippen LogP contribution is -2.45. The number of rotatable bonds is 5. The van der Waals surface area contributed by atoms with Gasteiger partial charge in [0.05, 0.1) is 30.8 Å². The summed E-state index contributed by atoms with van der Waals surface area (Å²) in [5.74, 6) is 0.421. The molecule has 0 spiro atoms. The molecule has 0 bridgehead atoms. The molecule has 1 saturated heterocycles. The highest BCUT2D eigenvalue weighted by molar-refractivity contribution is 6.05. The molecule has 0 aromatic heterocycles. The quantitative estimate of drug-likeness (QED) is 0.513. The molecule has 8 heteroatoms. The Hall–Kier alpha value is -3.10. The molecule has 3 aromatic carbocycles. The van der Waals surface area contributed by atoms with Crippen LogP contribution in [-0.4, -0.2) is 25.7 Å². The van der Waals surface area contributed by atoms with Crippen molar-refractivity contribution in [2.75, 3.05) is 25.1 Å².